The molecular weight excluding hydrogens is 289 g/mol. The van der Waals surface area contributed by atoms with Crippen LogP contribution >= 0.6 is 0 Å². The van der Waals surface area contributed by atoms with Gasteiger partial charge in [-0.05, 0) is 29.8 Å². The van der Waals surface area contributed by atoms with E-state index in [0.717, 1.165) is 5.56 Å². The van der Waals surface area contributed by atoms with Gasteiger partial charge in [-0.25, -0.2) is 4.39 Å². The highest BCUT2D eigenvalue weighted by Gasteiger charge is 2.09. The van der Waals surface area contributed by atoms with E-state index in [1.165, 1.54) is 12.1 Å². The standard InChI is InChI=1S/C16H14FNO2S/c17-15-3-1-2-4-16(15)21(19)12-11-20-14-7-5-13(6-8-14)9-10-18/h1-8H,9,11-12H2. The van der Waals surface area contributed by atoms with E-state index >= 15 is 0 Å². The van der Waals surface area contributed by atoms with Crippen molar-refractivity contribution in [2.45, 2.75) is 11.3 Å². The van der Waals surface area contributed by atoms with Gasteiger partial charge in [-0.1, -0.05) is 24.3 Å². The van der Waals surface area contributed by atoms with E-state index in [2.05, 4.69) is 6.07 Å². The van der Waals surface area contributed by atoms with Gasteiger partial charge in [-0.15, -0.1) is 0 Å². The molecule has 0 aliphatic heterocycles. The monoisotopic (exact) mass is 303 g/mol. The van der Waals surface area contributed by atoms with Crippen LogP contribution < -0.4 is 4.74 Å². The summed E-state index contributed by atoms with van der Waals surface area (Å²) in [5, 5.41) is 8.58. The van der Waals surface area contributed by atoms with E-state index in [0.29, 0.717) is 12.2 Å². The Bertz CT molecular complexity index is 665. The van der Waals surface area contributed by atoms with E-state index in [1.54, 1.807) is 24.3 Å². The van der Waals surface area contributed by atoms with E-state index in [4.69, 9.17) is 10.00 Å². The maximum absolute atomic E-state index is 13.4. The highest BCUT2D eigenvalue weighted by Crippen LogP contribution is 2.14. The van der Waals surface area contributed by atoms with Crippen LogP contribution in [0.4, 0.5) is 4.39 Å². The minimum absolute atomic E-state index is 0.200. The normalized spacial score (nSPS) is 11.6. The van der Waals surface area contributed by atoms with E-state index < -0.39 is 16.6 Å². The molecule has 0 aliphatic carbocycles. The van der Waals surface area contributed by atoms with Gasteiger partial charge < -0.3 is 4.74 Å². The predicted octanol–water partition coefficient (Wildman–Crippen LogP) is 3.08. The number of nitriles is 1. The van der Waals surface area contributed by atoms with Crippen LogP contribution in [0.3, 0.4) is 0 Å². The summed E-state index contributed by atoms with van der Waals surface area (Å²) in [6.07, 6.45) is 0.359. The van der Waals surface area contributed by atoms with Crippen molar-refractivity contribution in [1.29, 1.82) is 5.26 Å². The average Bonchev–Trinajstić information content (AvgIpc) is 2.49. The first-order valence-electron chi connectivity index (χ1n) is 6.42. The first-order valence-corrected chi connectivity index (χ1v) is 7.74. The van der Waals surface area contributed by atoms with Crippen LogP contribution in [0.25, 0.3) is 0 Å². The number of rotatable bonds is 6. The molecule has 0 spiro atoms. The van der Waals surface area contributed by atoms with Gasteiger partial charge in [0.25, 0.3) is 0 Å². The Morgan fingerprint density at radius 1 is 1.14 bits per heavy atom. The molecule has 0 N–H and O–H groups in total. The third-order valence-electron chi connectivity index (χ3n) is 2.83. The maximum Gasteiger partial charge on any atom is 0.139 e. The van der Waals surface area contributed by atoms with Crippen molar-refractivity contribution in [3.63, 3.8) is 0 Å². The molecule has 0 saturated heterocycles. The zero-order valence-corrected chi connectivity index (χ0v) is 12.1. The van der Waals surface area contributed by atoms with Gasteiger partial charge in [0.1, 0.15) is 18.2 Å². The Kier molecular flexibility index (Phi) is 5.47. The fourth-order valence-corrected chi connectivity index (χ4v) is 2.74. The second-order valence-electron chi connectivity index (χ2n) is 4.31. The van der Waals surface area contributed by atoms with Crippen molar-refractivity contribution in [2.75, 3.05) is 12.4 Å². The van der Waals surface area contributed by atoms with Crippen LogP contribution in [0, 0.1) is 17.1 Å². The zero-order chi connectivity index (χ0) is 15.1. The SMILES string of the molecule is N#CCc1ccc(OCCS(=O)c2ccccc2F)cc1. The molecule has 0 fully saturated rings. The van der Waals surface area contributed by atoms with Crippen LogP contribution in [0.5, 0.6) is 5.75 Å². The topological polar surface area (TPSA) is 50.1 Å². The lowest BCUT2D eigenvalue weighted by molar-refractivity contribution is 0.342. The van der Waals surface area contributed by atoms with Gasteiger partial charge in [0.05, 0.1) is 33.9 Å². The van der Waals surface area contributed by atoms with Crippen molar-refractivity contribution in [3.05, 3.63) is 59.9 Å². The lowest BCUT2D eigenvalue weighted by atomic mass is 10.2. The molecule has 5 heteroatoms. The summed E-state index contributed by atoms with van der Waals surface area (Å²) in [5.41, 5.74) is 0.916. The van der Waals surface area contributed by atoms with Crippen molar-refractivity contribution in [3.8, 4) is 11.8 Å². The average molecular weight is 303 g/mol. The van der Waals surface area contributed by atoms with Crippen LogP contribution in [-0.4, -0.2) is 16.6 Å². The molecule has 21 heavy (non-hydrogen) atoms. The van der Waals surface area contributed by atoms with Gasteiger partial charge in [-0.3, -0.25) is 4.21 Å². The van der Waals surface area contributed by atoms with Crippen LogP contribution in [0.15, 0.2) is 53.4 Å². The van der Waals surface area contributed by atoms with E-state index in [9.17, 15) is 8.60 Å². The van der Waals surface area contributed by atoms with Crippen LogP contribution in [0.2, 0.25) is 0 Å². The molecule has 0 radical (unpaired) electrons. The quantitative estimate of drug-likeness (QED) is 0.824. The molecule has 2 aromatic carbocycles. The Labute approximate surface area is 125 Å². The van der Waals surface area contributed by atoms with Gasteiger partial charge in [0.2, 0.25) is 0 Å². The molecule has 0 bridgehead atoms. The number of hydrogen-bond donors (Lipinski definition) is 0. The predicted molar refractivity (Wildman–Crippen MR) is 78.9 cm³/mol. The first-order chi connectivity index (χ1) is 10.2. The fraction of sp³-hybridized carbons (Fsp3) is 0.188. The Morgan fingerprint density at radius 3 is 2.52 bits per heavy atom. The third-order valence-corrected chi connectivity index (χ3v) is 4.19. The molecule has 0 heterocycles. The van der Waals surface area contributed by atoms with Crippen molar-refractivity contribution >= 4 is 10.8 Å². The van der Waals surface area contributed by atoms with Crippen LogP contribution in [-0.2, 0) is 17.2 Å². The van der Waals surface area contributed by atoms with Gasteiger partial charge in [0.15, 0.2) is 0 Å². The largest absolute Gasteiger partial charge is 0.493 e. The van der Waals surface area contributed by atoms with Gasteiger partial charge >= 0.3 is 0 Å². The Balaban J connectivity index is 1.85. The highest BCUT2D eigenvalue weighted by molar-refractivity contribution is 7.85. The third kappa shape index (κ3) is 4.40. The van der Waals surface area contributed by atoms with Crippen molar-refractivity contribution in [2.24, 2.45) is 0 Å². The fourth-order valence-electron chi connectivity index (χ4n) is 1.77. The number of hydrogen-bond acceptors (Lipinski definition) is 3. The lowest BCUT2D eigenvalue weighted by Gasteiger charge is -2.07. The number of halogens is 1. The van der Waals surface area contributed by atoms with Crippen LogP contribution in [0.1, 0.15) is 5.56 Å². The molecule has 0 aromatic heterocycles. The Hall–Kier alpha value is -2.19. The van der Waals surface area contributed by atoms with E-state index in [1.807, 2.05) is 12.1 Å². The molecule has 2 rings (SSSR count). The molecular formula is C16H14FNO2S. The summed E-state index contributed by atoms with van der Waals surface area (Å²) in [7, 11) is -1.42. The van der Waals surface area contributed by atoms with Crippen molar-refractivity contribution < 1.29 is 13.3 Å². The molecule has 2 aromatic rings. The summed E-state index contributed by atoms with van der Waals surface area (Å²) in [6.45, 7) is 0.235. The summed E-state index contributed by atoms with van der Waals surface area (Å²) in [5.74, 6) is 0.403. The second kappa shape index (κ2) is 7.55. The second-order valence-corrected chi connectivity index (χ2v) is 5.85. The van der Waals surface area contributed by atoms with Crippen molar-refractivity contribution in [1.82, 2.24) is 0 Å². The minimum atomic E-state index is -1.42. The van der Waals surface area contributed by atoms with Gasteiger partial charge in [0, 0.05) is 0 Å². The number of nitrogens with zero attached hydrogens (tertiary/aromatic N) is 1. The van der Waals surface area contributed by atoms with E-state index in [-0.39, 0.29) is 17.3 Å². The first kappa shape index (κ1) is 15.2. The molecule has 0 aliphatic rings. The summed E-state index contributed by atoms with van der Waals surface area (Å²) in [4.78, 5) is 0.200. The number of ether oxygens (including phenoxy) is 1. The zero-order valence-electron chi connectivity index (χ0n) is 11.3. The molecule has 0 amide bonds. The molecule has 1 unspecified atom stereocenters. The molecule has 3 nitrogen and oxygen atoms in total. The Morgan fingerprint density at radius 2 is 1.86 bits per heavy atom. The summed E-state index contributed by atoms with van der Waals surface area (Å²) < 4.78 is 30.9. The molecule has 108 valence electrons. The molecule has 1 atom stereocenters. The smallest absolute Gasteiger partial charge is 0.139 e. The highest BCUT2D eigenvalue weighted by atomic mass is 32.2. The maximum atomic E-state index is 13.4. The summed E-state index contributed by atoms with van der Waals surface area (Å²) >= 11 is 0. The lowest BCUT2D eigenvalue weighted by Crippen LogP contribution is -2.09. The summed E-state index contributed by atoms with van der Waals surface area (Å²) in [6, 6.07) is 15.2. The molecule has 0 saturated carbocycles. The number of benzene rings is 2. The van der Waals surface area contributed by atoms with Gasteiger partial charge in [-0.2, -0.15) is 5.26 Å². The minimum Gasteiger partial charge on any atom is -0.493 e.